The zero-order valence-corrected chi connectivity index (χ0v) is 6.52. The molecule has 0 aromatic rings. The number of hydrogen-bond donors (Lipinski definition) is 1. The number of hydrogen-bond acceptors (Lipinski definition) is 1. The lowest BCUT2D eigenvalue weighted by Gasteiger charge is -2.08. The minimum absolute atomic E-state index is 0.298. The Bertz CT molecular complexity index is 94.7. The summed E-state index contributed by atoms with van der Waals surface area (Å²) in [5.41, 5.74) is 1.36. The Labute approximate surface area is 57.4 Å². The molecule has 9 heavy (non-hydrogen) atoms. The normalized spacial score (nSPS) is 15.8. The molecule has 1 heteroatoms. The fourth-order valence-electron chi connectivity index (χ4n) is 0.706. The van der Waals surface area contributed by atoms with Crippen molar-refractivity contribution in [3.05, 3.63) is 11.6 Å². The van der Waals surface area contributed by atoms with Crippen LogP contribution in [0.5, 0.6) is 0 Å². The van der Waals surface area contributed by atoms with Crippen molar-refractivity contribution in [1.29, 1.82) is 0 Å². The molecule has 1 nitrogen and oxygen atoms in total. The lowest BCUT2D eigenvalue weighted by Crippen LogP contribution is -1.98. The van der Waals surface area contributed by atoms with Crippen molar-refractivity contribution >= 4 is 0 Å². The predicted octanol–water partition coefficient (Wildman–Crippen LogP) is 1.97. The number of aliphatic hydroxyl groups is 1. The highest BCUT2D eigenvalue weighted by atomic mass is 16.3. The second-order valence-electron chi connectivity index (χ2n) is 2.45. The van der Waals surface area contributed by atoms with Crippen molar-refractivity contribution in [2.45, 2.75) is 27.2 Å². The van der Waals surface area contributed by atoms with Crippen LogP contribution >= 0.6 is 0 Å². The lowest BCUT2D eigenvalue weighted by atomic mass is 10.00. The zero-order chi connectivity index (χ0) is 7.28. The van der Waals surface area contributed by atoms with Crippen LogP contribution in [0.1, 0.15) is 27.2 Å². The monoisotopic (exact) mass is 128 g/mol. The van der Waals surface area contributed by atoms with Gasteiger partial charge in [0.05, 0.1) is 0 Å². The van der Waals surface area contributed by atoms with E-state index in [1.54, 1.807) is 0 Å². The van der Waals surface area contributed by atoms with Crippen molar-refractivity contribution in [1.82, 2.24) is 0 Å². The summed E-state index contributed by atoms with van der Waals surface area (Å²) in [7, 11) is 0. The molecule has 1 N–H and O–H groups in total. The molecule has 0 aliphatic carbocycles. The highest BCUT2D eigenvalue weighted by Crippen LogP contribution is 2.11. The first-order valence-electron chi connectivity index (χ1n) is 3.46. The van der Waals surface area contributed by atoms with Crippen LogP contribution in [0, 0.1) is 5.92 Å². The molecule has 0 aromatic heterocycles. The Morgan fingerprint density at radius 2 is 2.22 bits per heavy atom. The molecule has 0 amide bonds. The van der Waals surface area contributed by atoms with Gasteiger partial charge in [-0.05, 0) is 26.2 Å². The predicted molar refractivity (Wildman–Crippen MR) is 40.3 cm³/mol. The second-order valence-corrected chi connectivity index (χ2v) is 2.45. The minimum atomic E-state index is 0.298. The summed E-state index contributed by atoms with van der Waals surface area (Å²) in [6.07, 6.45) is 2.98. The largest absolute Gasteiger partial charge is 0.396 e. The Morgan fingerprint density at radius 1 is 1.67 bits per heavy atom. The van der Waals surface area contributed by atoms with Crippen molar-refractivity contribution in [2.24, 2.45) is 5.92 Å². The molecule has 1 atom stereocenters. The minimum Gasteiger partial charge on any atom is -0.396 e. The van der Waals surface area contributed by atoms with Gasteiger partial charge in [0.2, 0.25) is 0 Å². The SMILES string of the molecule is C/C=C(/C)C(C)CCO. The first-order valence-corrected chi connectivity index (χ1v) is 3.46. The van der Waals surface area contributed by atoms with E-state index in [2.05, 4.69) is 19.9 Å². The van der Waals surface area contributed by atoms with Crippen LogP contribution in [0.3, 0.4) is 0 Å². The van der Waals surface area contributed by atoms with Crippen LogP contribution < -0.4 is 0 Å². The van der Waals surface area contributed by atoms with Gasteiger partial charge in [0.1, 0.15) is 0 Å². The molecular formula is C8H16O. The zero-order valence-electron chi connectivity index (χ0n) is 6.52. The maximum atomic E-state index is 8.55. The van der Waals surface area contributed by atoms with E-state index < -0.39 is 0 Å². The van der Waals surface area contributed by atoms with Crippen LogP contribution in [0.4, 0.5) is 0 Å². The Kier molecular flexibility index (Phi) is 4.41. The maximum absolute atomic E-state index is 8.55. The third-order valence-corrected chi connectivity index (χ3v) is 1.79. The van der Waals surface area contributed by atoms with Crippen LogP contribution in [-0.2, 0) is 0 Å². The highest BCUT2D eigenvalue weighted by molar-refractivity contribution is 4.99. The Balaban J connectivity index is 3.59. The summed E-state index contributed by atoms with van der Waals surface area (Å²) in [5, 5.41) is 8.55. The van der Waals surface area contributed by atoms with Gasteiger partial charge in [-0.15, -0.1) is 0 Å². The second kappa shape index (κ2) is 4.57. The molecule has 0 saturated carbocycles. The molecule has 0 fully saturated rings. The van der Waals surface area contributed by atoms with Crippen molar-refractivity contribution < 1.29 is 5.11 Å². The third kappa shape index (κ3) is 3.31. The van der Waals surface area contributed by atoms with E-state index in [0.29, 0.717) is 12.5 Å². The van der Waals surface area contributed by atoms with E-state index in [1.165, 1.54) is 5.57 Å². The average Bonchev–Trinajstić information content (AvgIpc) is 1.87. The molecule has 1 unspecified atom stereocenters. The van der Waals surface area contributed by atoms with Gasteiger partial charge in [-0.25, -0.2) is 0 Å². The number of aliphatic hydroxyl groups excluding tert-OH is 1. The van der Waals surface area contributed by atoms with E-state index in [-0.39, 0.29) is 0 Å². The summed E-state index contributed by atoms with van der Waals surface area (Å²) in [6.45, 7) is 6.56. The Hall–Kier alpha value is -0.300. The number of allylic oxidation sites excluding steroid dienone is 2. The van der Waals surface area contributed by atoms with Gasteiger partial charge in [0.15, 0.2) is 0 Å². The molecule has 0 heterocycles. The molecule has 0 aromatic carbocycles. The molecule has 0 rings (SSSR count). The maximum Gasteiger partial charge on any atom is 0.0436 e. The molecular weight excluding hydrogens is 112 g/mol. The standard InChI is InChI=1S/C8H16O/c1-4-7(2)8(3)5-6-9/h4,8-9H,5-6H2,1-3H3/b7-4-. The van der Waals surface area contributed by atoms with Gasteiger partial charge in [0, 0.05) is 6.61 Å². The average molecular weight is 128 g/mol. The lowest BCUT2D eigenvalue weighted by molar-refractivity contribution is 0.271. The molecule has 0 aliphatic heterocycles. The van der Waals surface area contributed by atoms with Gasteiger partial charge in [-0.2, -0.15) is 0 Å². The van der Waals surface area contributed by atoms with Gasteiger partial charge in [-0.1, -0.05) is 18.6 Å². The van der Waals surface area contributed by atoms with Gasteiger partial charge >= 0.3 is 0 Å². The van der Waals surface area contributed by atoms with E-state index in [1.807, 2.05) is 6.92 Å². The van der Waals surface area contributed by atoms with E-state index >= 15 is 0 Å². The smallest absolute Gasteiger partial charge is 0.0436 e. The highest BCUT2D eigenvalue weighted by Gasteiger charge is 2.00. The van der Waals surface area contributed by atoms with E-state index in [4.69, 9.17) is 5.11 Å². The van der Waals surface area contributed by atoms with Crippen LogP contribution in [0.2, 0.25) is 0 Å². The summed E-state index contributed by atoms with van der Waals surface area (Å²) >= 11 is 0. The van der Waals surface area contributed by atoms with Gasteiger partial charge in [0.25, 0.3) is 0 Å². The van der Waals surface area contributed by atoms with Crippen molar-refractivity contribution in [2.75, 3.05) is 6.61 Å². The quantitative estimate of drug-likeness (QED) is 0.576. The van der Waals surface area contributed by atoms with Crippen LogP contribution in [-0.4, -0.2) is 11.7 Å². The molecule has 0 aliphatic rings. The third-order valence-electron chi connectivity index (χ3n) is 1.79. The molecule has 0 spiro atoms. The van der Waals surface area contributed by atoms with Crippen LogP contribution in [0.15, 0.2) is 11.6 Å². The Morgan fingerprint density at radius 3 is 2.56 bits per heavy atom. The van der Waals surface area contributed by atoms with Crippen molar-refractivity contribution in [3.8, 4) is 0 Å². The molecule has 0 bridgehead atoms. The van der Waals surface area contributed by atoms with E-state index in [0.717, 1.165) is 6.42 Å². The first kappa shape index (κ1) is 8.70. The van der Waals surface area contributed by atoms with Crippen molar-refractivity contribution in [3.63, 3.8) is 0 Å². The van der Waals surface area contributed by atoms with Crippen LogP contribution in [0.25, 0.3) is 0 Å². The number of rotatable bonds is 3. The summed E-state index contributed by atoms with van der Waals surface area (Å²) < 4.78 is 0. The van der Waals surface area contributed by atoms with Gasteiger partial charge < -0.3 is 5.11 Å². The molecule has 54 valence electrons. The fraction of sp³-hybridized carbons (Fsp3) is 0.750. The summed E-state index contributed by atoms with van der Waals surface area (Å²) in [5.74, 6) is 0.542. The molecule has 0 saturated heterocycles. The summed E-state index contributed by atoms with van der Waals surface area (Å²) in [6, 6.07) is 0. The topological polar surface area (TPSA) is 20.2 Å². The first-order chi connectivity index (χ1) is 4.22. The fourth-order valence-corrected chi connectivity index (χ4v) is 0.706. The summed E-state index contributed by atoms with van der Waals surface area (Å²) in [4.78, 5) is 0. The molecule has 0 radical (unpaired) electrons. The van der Waals surface area contributed by atoms with Gasteiger partial charge in [-0.3, -0.25) is 0 Å². The van der Waals surface area contributed by atoms with E-state index in [9.17, 15) is 0 Å².